The van der Waals surface area contributed by atoms with Gasteiger partial charge in [0.2, 0.25) is 0 Å². The monoisotopic (exact) mass is 649 g/mol. The Hall–Kier alpha value is -4.09. The minimum Gasteiger partial charge on any atom is -0.462 e. The van der Waals surface area contributed by atoms with Crippen LogP contribution in [0.1, 0.15) is 61.5 Å². The first-order chi connectivity index (χ1) is 22.4. The highest BCUT2D eigenvalue weighted by Crippen LogP contribution is 2.60. The Labute approximate surface area is 274 Å². The van der Waals surface area contributed by atoms with Gasteiger partial charge in [-0.1, -0.05) is 23.5 Å². The van der Waals surface area contributed by atoms with Crippen LogP contribution in [0.4, 0.5) is 10.9 Å². The Kier molecular flexibility index (Phi) is 6.57. The molecular formula is C35H35N7O2S2. The molecule has 5 heterocycles. The van der Waals surface area contributed by atoms with Crippen molar-refractivity contribution < 1.29 is 9.53 Å². The number of nitrogens with zero attached hydrogens (tertiary/aromatic N) is 6. The quantitative estimate of drug-likeness (QED) is 0.165. The van der Waals surface area contributed by atoms with Crippen molar-refractivity contribution >= 4 is 54.6 Å². The van der Waals surface area contributed by atoms with E-state index in [9.17, 15) is 4.79 Å². The largest absolute Gasteiger partial charge is 0.462 e. The molecule has 1 N–H and O–H groups in total. The van der Waals surface area contributed by atoms with E-state index in [2.05, 4.69) is 33.0 Å². The van der Waals surface area contributed by atoms with Crippen molar-refractivity contribution in [1.29, 1.82) is 0 Å². The van der Waals surface area contributed by atoms with Crippen molar-refractivity contribution in [3.63, 3.8) is 0 Å². The van der Waals surface area contributed by atoms with Gasteiger partial charge in [-0.3, -0.25) is 4.68 Å². The number of ether oxygens (including phenoxy) is 1. The minimum atomic E-state index is -0.359. The molecule has 46 heavy (non-hydrogen) atoms. The molecule has 0 saturated heterocycles. The first kappa shape index (κ1) is 28.2. The van der Waals surface area contributed by atoms with E-state index in [4.69, 9.17) is 14.9 Å². The fourth-order valence-electron chi connectivity index (χ4n) is 8.90. The van der Waals surface area contributed by atoms with Gasteiger partial charge in [0.15, 0.2) is 5.13 Å². The van der Waals surface area contributed by atoms with Gasteiger partial charge in [0, 0.05) is 34.9 Å². The number of aromatic nitrogens is 6. The highest BCUT2D eigenvalue weighted by Gasteiger charge is 2.51. The number of anilines is 2. The van der Waals surface area contributed by atoms with Gasteiger partial charge < -0.3 is 10.1 Å². The third kappa shape index (κ3) is 4.66. The van der Waals surface area contributed by atoms with Crippen molar-refractivity contribution in [3.05, 3.63) is 65.4 Å². The smallest absolute Gasteiger partial charge is 0.343 e. The fraction of sp³-hybridized carbons (Fsp3) is 0.400. The fourth-order valence-corrected chi connectivity index (χ4v) is 10.8. The maximum atomic E-state index is 13.4. The standard InChI is InChI=1S/C35H35N7O2S2/c1-3-44-33(43)30-31(25-17-37-41(20(25)2)19-35-13-21-10-22(14-35)12-23(11-21)15-35)40-42-27(18-45-32(30)42)24-8-9-29(36-16-24)39-34-38-26-6-4-5-7-28(26)46-34/h4-9,16-18,21-23H,3,10-15,19H2,1-2H3,(H,36,38,39). The van der Waals surface area contributed by atoms with Gasteiger partial charge in [-0.05, 0) is 99.8 Å². The summed E-state index contributed by atoms with van der Waals surface area (Å²) in [6.45, 7) is 5.20. The number of hydrogen-bond acceptors (Lipinski definition) is 9. The molecule has 0 atom stereocenters. The first-order valence-electron chi connectivity index (χ1n) is 16.2. The summed E-state index contributed by atoms with van der Waals surface area (Å²) in [4.78, 5) is 23.5. The molecule has 4 aliphatic rings. The zero-order valence-corrected chi connectivity index (χ0v) is 27.5. The van der Waals surface area contributed by atoms with Crippen molar-refractivity contribution in [2.45, 2.75) is 58.9 Å². The molecule has 0 aliphatic heterocycles. The van der Waals surface area contributed by atoms with E-state index in [-0.39, 0.29) is 5.97 Å². The number of hydrogen-bond donors (Lipinski definition) is 1. The van der Waals surface area contributed by atoms with Crippen LogP contribution in [0.15, 0.2) is 54.2 Å². The van der Waals surface area contributed by atoms with Crippen molar-refractivity contribution in [3.8, 4) is 22.5 Å². The molecule has 234 valence electrons. The van der Waals surface area contributed by atoms with Crippen LogP contribution in [0, 0.1) is 30.1 Å². The number of benzene rings is 1. The molecule has 4 saturated carbocycles. The molecule has 4 aliphatic carbocycles. The first-order valence-corrected chi connectivity index (χ1v) is 17.9. The Morgan fingerprint density at radius 3 is 2.57 bits per heavy atom. The van der Waals surface area contributed by atoms with Gasteiger partial charge in [0.05, 0.1) is 28.7 Å². The molecule has 0 unspecified atom stereocenters. The maximum Gasteiger partial charge on any atom is 0.343 e. The summed E-state index contributed by atoms with van der Waals surface area (Å²) in [6.07, 6.45) is 12.0. The predicted octanol–water partition coefficient (Wildman–Crippen LogP) is 8.38. The van der Waals surface area contributed by atoms with Crippen LogP contribution in [0.2, 0.25) is 0 Å². The summed E-state index contributed by atoms with van der Waals surface area (Å²) in [5.74, 6) is 3.03. The number of esters is 1. The lowest BCUT2D eigenvalue weighted by molar-refractivity contribution is -0.0638. The Morgan fingerprint density at radius 1 is 1.07 bits per heavy atom. The summed E-state index contributed by atoms with van der Waals surface area (Å²) in [7, 11) is 0. The second-order valence-electron chi connectivity index (χ2n) is 13.5. The van der Waals surface area contributed by atoms with E-state index in [1.807, 2.05) is 59.5 Å². The number of rotatable bonds is 8. The third-order valence-corrected chi connectivity index (χ3v) is 12.3. The zero-order chi connectivity index (χ0) is 31.0. The van der Waals surface area contributed by atoms with Crippen molar-refractivity contribution in [2.75, 3.05) is 11.9 Å². The maximum absolute atomic E-state index is 13.4. The lowest BCUT2D eigenvalue weighted by Crippen LogP contribution is -2.48. The van der Waals surface area contributed by atoms with Gasteiger partial charge >= 0.3 is 5.97 Å². The summed E-state index contributed by atoms with van der Waals surface area (Å²) < 4.78 is 10.7. The number of carbonyl (C=O) groups is 1. The van der Waals surface area contributed by atoms with Crippen LogP contribution < -0.4 is 5.32 Å². The van der Waals surface area contributed by atoms with E-state index < -0.39 is 0 Å². The van der Waals surface area contributed by atoms with Gasteiger partial charge in [-0.2, -0.15) is 10.2 Å². The normalized spacial score (nSPS) is 23.5. The molecule has 0 amide bonds. The van der Waals surface area contributed by atoms with E-state index in [1.165, 1.54) is 49.9 Å². The third-order valence-electron chi connectivity index (χ3n) is 10.4. The summed E-state index contributed by atoms with van der Waals surface area (Å²) >= 11 is 3.09. The summed E-state index contributed by atoms with van der Waals surface area (Å²) in [5, 5.41) is 16.1. The zero-order valence-electron chi connectivity index (χ0n) is 25.9. The molecule has 4 bridgehead atoms. The molecule has 0 radical (unpaired) electrons. The summed E-state index contributed by atoms with van der Waals surface area (Å²) in [6, 6.07) is 12.0. The molecule has 0 spiro atoms. The molecule has 6 aromatic rings. The minimum absolute atomic E-state index is 0.297. The van der Waals surface area contributed by atoms with E-state index >= 15 is 0 Å². The number of carbonyl (C=O) groups excluding carboxylic acids is 1. The van der Waals surface area contributed by atoms with Crippen molar-refractivity contribution in [2.24, 2.45) is 23.2 Å². The molecule has 1 aromatic carbocycles. The average molecular weight is 650 g/mol. The highest BCUT2D eigenvalue weighted by atomic mass is 32.1. The Balaban J connectivity index is 1.04. The van der Waals surface area contributed by atoms with Crippen LogP contribution in [0.3, 0.4) is 0 Å². The van der Waals surface area contributed by atoms with Gasteiger partial charge in [-0.25, -0.2) is 19.3 Å². The Bertz CT molecular complexity index is 2040. The van der Waals surface area contributed by atoms with Crippen LogP contribution >= 0.6 is 22.7 Å². The van der Waals surface area contributed by atoms with E-state index in [0.717, 1.165) is 67.0 Å². The second-order valence-corrected chi connectivity index (χ2v) is 15.4. The lowest BCUT2D eigenvalue weighted by Gasteiger charge is -2.56. The van der Waals surface area contributed by atoms with Crippen LogP contribution in [-0.4, -0.2) is 41.9 Å². The number of thiazole rings is 2. The number of nitrogens with one attached hydrogen (secondary N) is 1. The Morgan fingerprint density at radius 2 is 1.85 bits per heavy atom. The topological polar surface area (TPSA) is 99.2 Å². The van der Waals surface area contributed by atoms with E-state index in [0.29, 0.717) is 29.1 Å². The average Bonchev–Trinajstić information content (AvgIpc) is 3.80. The van der Waals surface area contributed by atoms with Crippen molar-refractivity contribution in [1.82, 2.24) is 29.4 Å². The van der Waals surface area contributed by atoms with E-state index in [1.54, 1.807) is 11.3 Å². The van der Waals surface area contributed by atoms with Gasteiger partial charge in [0.25, 0.3) is 0 Å². The highest BCUT2D eigenvalue weighted by molar-refractivity contribution is 7.22. The van der Waals surface area contributed by atoms with Gasteiger partial charge in [0.1, 0.15) is 21.9 Å². The summed E-state index contributed by atoms with van der Waals surface area (Å²) in [5.41, 5.74) is 6.17. The number of para-hydroxylation sites is 1. The molecule has 10 rings (SSSR count). The molecular weight excluding hydrogens is 615 g/mol. The second kappa shape index (κ2) is 10.7. The number of pyridine rings is 1. The number of fused-ring (bicyclic) bond motifs is 2. The van der Waals surface area contributed by atoms with Crippen LogP contribution in [-0.2, 0) is 11.3 Å². The SMILES string of the molecule is CCOC(=O)c1c(-c2cnn(CC34CC5CC(CC(C5)C3)C4)c2C)nn2c(-c3ccc(Nc4nc5ccccc5s4)nc3)csc12. The molecule has 9 nitrogen and oxygen atoms in total. The van der Waals surface area contributed by atoms with Gasteiger partial charge in [-0.15, -0.1) is 11.3 Å². The van der Waals surface area contributed by atoms with Crippen LogP contribution in [0.25, 0.3) is 37.6 Å². The molecule has 5 aromatic heterocycles. The molecule has 11 heteroatoms. The predicted molar refractivity (Wildman–Crippen MR) is 182 cm³/mol. The van der Waals surface area contributed by atoms with Crippen LogP contribution in [0.5, 0.6) is 0 Å². The lowest BCUT2D eigenvalue weighted by atomic mass is 9.49. The molecule has 4 fully saturated rings.